The van der Waals surface area contributed by atoms with E-state index in [1.165, 1.54) is 9.75 Å². The first kappa shape index (κ1) is 14.2. The highest BCUT2D eigenvalue weighted by atomic mass is 32.1. The van der Waals surface area contributed by atoms with E-state index < -0.39 is 6.10 Å². The molecule has 0 aliphatic heterocycles. The number of carbonyl (C=O) groups is 1. The van der Waals surface area contributed by atoms with Crippen LogP contribution in [0.1, 0.15) is 36.4 Å². The van der Waals surface area contributed by atoms with Crippen LogP contribution in [0.25, 0.3) is 0 Å². The van der Waals surface area contributed by atoms with Crippen LogP contribution in [0.4, 0.5) is 0 Å². The van der Waals surface area contributed by atoms with Crippen molar-refractivity contribution in [3.8, 4) is 0 Å². The Morgan fingerprint density at radius 3 is 2.71 bits per heavy atom. The minimum atomic E-state index is -0.406. The van der Waals surface area contributed by atoms with Gasteiger partial charge in [-0.2, -0.15) is 0 Å². The number of nitrogens with one attached hydrogen (secondary N) is 1. The van der Waals surface area contributed by atoms with E-state index in [1.807, 2.05) is 6.92 Å². The molecular formula is C13H21NO2S. The fourth-order valence-electron chi connectivity index (χ4n) is 1.63. The predicted molar refractivity (Wildman–Crippen MR) is 71.3 cm³/mol. The Kier molecular flexibility index (Phi) is 5.65. The molecule has 1 heterocycles. The van der Waals surface area contributed by atoms with Gasteiger partial charge in [0.2, 0.25) is 5.91 Å². The van der Waals surface area contributed by atoms with Gasteiger partial charge in [0.15, 0.2) is 0 Å². The standard InChI is InChI=1S/C13H21NO2S/c1-9(8-12-6-5-11(3)17-12)14-13(16)7-4-10(2)15/h5-6,9-10,15H,4,7-8H2,1-3H3,(H,14,16). The molecule has 1 aromatic rings. The van der Waals surface area contributed by atoms with Gasteiger partial charge in [-0.25, -0.2) is 0 Å². The molecule has 4 heteroatoms. The number of carbonyl (C=O) groups excluding carboxylic acids is 1. The molecule has 17 heavy (non-hydrogen) atoms. The zero-order valence-electron chi connectivity index (χ0n) is 10.7. The van der Waals surface area contributed by atoms with Gasteiger partial charge < -0.3 is 10.4 Å². The van der Waals surface area contributed by atoms with Gasteiger partial charge in [-0.3, -0.25) is 4.79 Å². The van der Waals surface area contributed by atoms with E-state index in [2.05, 4.69) is 24.4 Å². The second-order valence-electron chi connectivity index (χ2n) is 4.57. The lowest BCUT2D eigenvalue weighted by atomic mass is 10.1. The van der Waals surface area contributed by atoms with Gasteiger partial charge >= 0.3 is 0 Å². The Morgan fingerprint density at radius 1 is 1.47 bits per heavy atom. The topological polar surface area (TPSA) is 49.3 Å². The second-order valence-corrected chi connectivity index (χ2v) is 5.95. The molecular weight excluding hydrogens is 234 g/mol. The maximum Gasteiger partial charge on any atom is 0.220 e. The van der Waals surface area contributed by atoms with Gasteiger partial charge in [-0.05, 0) is 39.3 Å². The van der Waals surface area contributed by atoms with E-state index in [4.69, 9.17) is 5.11 Å². The molecule has 2 unspecified atom stereocenters. The van der Waals surface area contributed by atoms with Gasteiger partial charge in [0.25, 0.3) is 0 Å². The molecule has 0 radical (unpaired) electrons. The van der Waals surface area contributed by atoms with Crippen LogP contribution in [-0.2, 0) is 11.2 Å². The molecule has 2 N–H and O–H groups in total. The highest BCUT2D eigenvalue weighted by molar-refractivity contribution is 7.11. The van der Waals surface area contributed by atoms with E-state index in [0.717, 1.165) is 6.42 Å². The summed E-state index contributed by atoms with van der Waals surface area (Å²) in [5, 5.41) is 12.0. The lowest BCUT2D eigenvalue weighted by molar-refractivity contribution is -0.122. The van der Waals surface area contributed by atoms with Gasteiger partial charge in [0, 0.05) is 28.6 Å². The average Bonchev–Trinajstić information content (AvgIpc) is 2.60. The Labute approximate surface area is 107 Å². The highest BCUT2D eigenvalue weighted by Gasteiger charge is 2.10. The number of rotatable bonds is 6. The van der Waals surface area contributed by atoms with Crippen molar-refractivity contribution in [2.75, 3.05) is 0 Å². The summed E-state index contributed by atoms with van der Waals surface area (Å²) in [7, 11) is 0. The minimum Gasteiger partial charge on any atom is -0.393 e. The summed E-state index contributed by atoms with van der Waals surface area (Å²) in [6, 6.07) is 4.36. The third-order valence-corrected chi connectivity index (χ3v) is 3.52. The number of hydrogen-bond acceptors (Lipinski definition) is 3. The lowest BCUT2D eigenvalue weighted by Crippen LogP contribution is -2.34. The molecule has 96 valence electrons. The van der Waals surface area contributed by atoms with Crippen LogP contribution in [-0.4, -0.2) is 23.2 Å². The Morgan fingerprint density at radius 2 is 2.18 bits per heavy atom. The fourth-order valence-corrected chi connectivity index (χ4v) is 2.65. The zero-order chi connectivity index (χ0) is 12.8. The largest absolute Gasteiger partial charge is 0.393 e. The summed E-state index contributed by atoms with van der Waals surface area (Å²) >= 11 is 1.77. The van der Waals surface area contributed by atoms with E-state index in [9.17, 15) is 4.79 Å². The van der Waals surface area contributed by atoms with Crippen LogP contribution in [0, 0.1) is 6.92 Å². The first-order valence-corrected chi connectivity index (χ1v) is 6.81. The van der Waals surface area contributed by atoms with Crippen LogP contribution in [0.3, 0.4) is 0 Å². The second kappa shape index (κ2) is 6.77. The van der Waals surface area contributed by atoms with Crippen molar-refractivity contribution in [3.63, 3.8) is 0 Å². The number of aliphatic hydroxyl groups excluding tert-OH is 1. The maximum atomic E-state index is 11.5. The average molecular weight is 255 g/mol. The summed E-state index contributed by atoms with van der Waals surface area (Å²) in [6.07, 6.45) is 1.39. The first-order chi connectivity index (χ1) is 7.97. The summed E-state index contributed by atoms with van der Waals surface area (Å²) in [6.45, 7) is 5.79. The van der Waals surface area contributed by atoms with Crippen LogP contribution >= 0.6 is 11.3 Å². The van der Waals surface area contributed by atoms with Crippen molar-refractivity contribution in [1.82, 2.24) is 5.32 Å². The fraction of sp³-hybridized carbons (Fsp3) is 0.615. The van der Waals surface area contributed by atoms with Crippen LogP contribution in [0.15, 0.2) is 12.1 Å². The SMILES string of the molecule is Cc1ccc(CC(C)NC(=O)CCC(C)O)s1. The molecule has 0 aliphatic rings. The summed E-state index contributed by atoms with van der Waals surface area (Å²) in [5.74, 6) is 0.0201. The van der Waals surface area contributed by atoms with Gasteiger partial charge in [-0.1, -0.05) is 0 Å². The zero-order valence-corrected chi connectivity index (χ0v) is 11.5. The molecule has 0 bridgehead atoms. The molecule has 0 aromatic carbocycles. The lowest BCUT2D eigenvalue weighted by Gasteiger charge is -2.13. The number of aliphatic hydroxyl groups is 1. The summed E-state index contributed by atoms with van der Waals surface area (Å²) in [5.41, 5.74) is 0. The highest BCUT2D eigenvalue weighted by Crippen LogP contribution is 2.16. The normalized spacial score (nSPS) is 14.4. The van der Waals surface area contributed by atoms with E-state index in [-0.39, 0.29) is 11.9 Å². The number of aryl methyl sites for hydroxylation is 1. The van der Waals surface area contributed by atoms with Crippen LogP contribution < -0.4 is 5.32 Å². The predicted octanol–water partition coefficient (Wildman–Crippen LogP) is 2.26. The smallest absolute Gasteiger partial charge is 0.220 e. The third kappa shape index (κ3) is 5.84. The summed E-state index contributed by atoms with van der Waals surface area (Å²) < 4.78 is 0. The molecule has 1 aromatic heterocycles. The van der Waals surface area contributed by atoms with Crippen molar-refractivity contribution in [1.29, 1.82) is 0 Å². The Hall–Kier alpha value is -0.870. The number of amides is 1. The monoisotopic (exact) mass is 255 g/mol. The maximum absolute atomic E-state index is 11.5. The first-order valence-electron chi connectivity index (χ1n) is 6.00. The molecule has 2 atom stereocenters. The number of hydrogen-bond donors (Lipinski definition) is 2. The molecule has 0 aliphatic carbocycles. The van der Waals surface area contributed by atoms with Crippen molar-refractivity contribution >= 4 is 17.2 Å². The van der Waals surface area contributed by atoms with Gasteiger partial charge in [-0.15, -0.1) is 11.3 Å². The van der Waals surface area contributed by atoms with Crippen LogP contribution in [0.5, 0.6) is 0 Å². The van der Waals surface area contributed by atoms with E-state index in [0.29, 0.717) is 12.8 Å². The van der Waals surface area contributed by atoms with Gasteiger partial charge in [0.05, 0.1) is 6.10 Å². The molecule has 1 rings (SSSR count). The third-order valence-electron chi connectivity index (χ3n) is 2.50. The van der Waals surface area contributed by atoms with Crippen molar-refractivity contribution < 1.29 is 9.90 Å². The molecule has 0 saturated carbocycles. The van der Waals surface area contributed by atoms with E-state index in [1.54, 1.807) is 18.3 Å². The van der Waals surface area contributed by atoms with Crippen molar-refractivity contribution in [2.45, 2.75) is 52.2 Å². The Bertz CT molecular complexity index is 360. The molecule has 1 amide bonds. The van der Waals surface area contributed by atoms with E-state index >= 15 is 0 Å². The van der Waals surface area contributed by atoms with Gasteiger partial charge in [0.1, 0.15) is 0 Å². The quantitative estimate of drug-likeness (QED) is 0.819. The molecule has 3 nitrogen and oxygen atoms in total. The van der Waals surface area contributed by atoms with Crippen LogP contribution in [0.2, 0.25) is 0 Å². The Balaban J connectivity index is 2.29. The number of thiophene rings is 1. The minimum absolute atomic E-state index is 0.0201. The van der Waals surface area contributed by atoms with Crippen molar-refractivity contribution in [3.05, 3.63) is 21.9 Å². The molecule has 0 saturated heterocycles. The van der Waals surface area contributed by atoms with Crippen molar-refractivity contribution in [2.24, 2.45) is 0 Å². The summed E-state index contributed by atoms with van der Waals surface area (Å²) in [4.78, 5) is 14.1. The molecule has 0 fully saturated rings. The molecule has 0 spiro atoms.